The lowest BCUT2D eigenvalue weighted by molar-refractivity contribution is -0.274. The van der Waals surface area contributed by atoms with Gasteiger partial charge in [0.2, 0.25) is 0 Å². The third kappa shape index (κ3) is 5.58. The number of nitrogens with zero attached hydrogens (tertiary/aromatic N) is 1. The smallest absolute Gasteiger partial charge is 0.488 e. The van der Waals surface area contributed by atoms with E-state index in [1.54, 1.807) is 0 Å². The molecule has 1 aliphatic rings. The van der Waals surface area contributed by atoms with Gasteiger partial charge in [-0.1, -0.05) is 29.8 Å². The van der Waals surface area contributed by atoms with E-state index < -0.39 is 18.1 Å². The average Bonchev–Trinajstić information content (AvgIpc) is 2.58. The third-order valence-electron chi connectivity index (χ3n) is 4.84. The molecule has 0 spiro atoms. The Morgan fingerprint density at radius 1 is 1.17 bits per heavy atom. The molecule has 1 N–H and O–H groups in total. The van der Waals surface area contributed by atoms with Crippen LogP contribution in [0.2, 0.25) is 5.02 Å². The van der Waals surface area contributed by atoms with Crippen molar-refractivity contribution >= 4 is 17.6 Å². The number of carbonyl (C=O) groups is 1. The summed E-state index contributed by atoms with van der Waals surface area (Å²) in [5.74, 6) is -0.826. The zero-order valence-corrected chi connectivity index (χ0v) is 17.2. The normalized spacial score (nSPS) is 15.0. The predicted molar refractivity (Wildman–Crippen MR) is 105 cm³/mol. The minimum Gasteiger partial charge on any atom is -0.488 e. The predicted octanol–water partition coefficient (Wildman–Crippen LogP) is 4.95. The van der Waals surface area contributed by atoms with Gasteiger partial charge >= 0.3 is 12.3 Å². The SMILES string of the molecule is Cc1cc(CN2CC(C(=O)O)C2)cc(C)c1OCc1ccc(OC(F)(F)F)c(Cl)c1. The molecule has 0 aromatic heterocycles. The number of halogens is 4. The van der Waals surface area contributed by atoms with Crippen LogP contribution in [0.15, 0.2) is 30.3 Å². The first-order valence-corrected chi connectivity index (χ1v) is 9.62. The van der Waals surface area contributed by atoms with Gasteiger partial charge < -0.3 is 14.6 Å². The van der Waals surface area contributed by atoms with E-state index in [0.717, 1.165) is 22.8 Å². The molecular formula is C21H21ClF3NO4. The first-order valence-electron chi connectivity index (χ1n) is 9.24. The van der Waals surface area contributed by atoms with Gasteiger partial charge in [0.15, 0.2) is 0 Å². The van der Waals surface area contributed by atoms with E-state index >= 15 is 0 Å². The van der Waals surface area contributed by atoms with Crippen molar-refractivity contribution in [2.45, 2.75) is 33.4 Å². The van der Waals surface area contributed by atoms with Crippen molar-refractivity contribution in [2.75, 3.05) is 13.1 Å². The lowest BCUT2D eigenvalue weighted by atomic mass is 9.98. The van der Waals surface area contributed by atoms with Crippen LogP contribution in [-0.4, -0.2) is 35.4 Å². The van der Waals surface area contributed by atoms with Gasteiger partial charge in [0.1, 0.15) is 18.1 Å². The second-order valence-corrected chi connectivity index (χ2v) is 7.80. The number of hydrogen-bond acceptors (Lipinski definition) is 4. The fraction of sp³-hybridized carbons (Fsp3) is 0.381. The molecule has 1 saturated heterocycles. The summed E-state index contributed by atoms with van der Waals surface area (Å²) in [5, 5.41) is 8.82. The zero-order valence-electron chi connectivity index (χ0n) is 16.4. The number of aryl methyl sites for hydroxylation is 2. The van der Waals surface area contributed by atoms with Crippen LogP contribution in [-0.2, 0) is 17.9 Å². The number of benzene rings is 2. The number of hydrogen-bond donors (Lipinski definition) is 1. The first kappa shape index (κ1) is 22.2. The molecule has 0 aliphatic carbocycles. The van der Waals surface area contributed by atoms with E-state index in [9.17, 15) is 18.0 Å². The summed E-state index contributed by atoms with van der Waals surface area (Å²) in [6.07, 6.45) is -4.80. The van der Waals surface area contributed by atoms with Crippen molar-refractivity contribution < 1.29 is 32.5 Å². The van der Waals surface area contributed by atoms with Crippen LogP contribution in [0.5, 0.6) is 11.5 Å². The molecule has 0 amide bonds. The van der Waals surface area contributed by atoms with Crippen LogP contribution < -0.4 is 9.47 Å². The third-order valence-corrected chi connectivity index (χ3v) is 5.13. The van der Waals surface area contributed by atoms with Crippen LogP contribution in [0.25, 0.3) is 0 Å². The first-order chi connectivity index (χ1) is 14.0. The molecule has 0 atom stereocenters. The van der Waals surface area contributed by atoms with Crippen molar-refractivity contribution in [3.05, 3.63) is 57.6 Å². The summed E-state index contributed by atoms with van der Waals surface area (Å²) >= 11 is 5.88. The summed E-state index contributed by atoms with van der Waals surface area (Å²) in [4.78, 5) is 13.0. The quantitative estimate of drug-likeness (QED) is 0.656. The van der Waals surface area contributed by atoms with Gasteiger partial charge in [0.25, 0.3) is 0 Å². The fourth-order valence-corrected chi connectivity index (χ4v) is 3.71. The Kier molecular flexibility index (Phi) is 6.47. The number of ether oxygens (including phenoxy) is 2. The number of carboxylic acid groups (broad SMARTS) is 1. The molecule has 2 aromatic rings. The standard InChI is InChI=1S/C21H21ClF3NO4/c1-12-5-15(8-26-9-16(10-26)20(27)28)6-13(2)19(12)29-11-14-3-4-18(17(22)7-14)30-21(23,24)25/h3-7,16H,8-11H2,1-2H3,(H,27,28). The maximum atomic E-state index is 12.3. The molecule has 2 aromatic carbocycles. The van der Waals surface area contributed by atoms with Crippen molar-refractivity contribution in [3.63, 3.8) is 0 Å². The molecule has 1 heterocycles. The zero-order chi connectivity index (χ0) is 22.1. The van der Waals surface area contributed by atoms with E-state index in [2.05, 4.69) is 9.64 Å². The highest BCUT2D eigenvalue weighted by Gasteiger charge is 2.33. The molecule has 1 aliphatic heterocycles. The van der Waals surface area contributed by atoms with E-state index in [0.29, 0.717) is 30.9 Å². The highest BCUT2D eigenvalue weighted by Crippen LogP contribution is 2.32. The molecule has 9 heteroatoms. The maximum absolute atomic E-state index is 12.3. The van der Waals surface area contributed by atoms with Crippen LogP contribution in [0.4, 0.5) is 13.2 Å². The van der Waals surface area contributed by atoms with Crippen molar-refractivity contribution in [1.29, 1.82) is 0 Å². The van der Waals surface area contributed by atoms with Crippen LogP contribution in [0.1, 0.15) is 22.3 Å². The highest BCUT2D eigenvalue weighted by atomic mass is 35.5. The number of aliphatic carboxylic acids is 1. The monoisotopic (exact) mass is 443 g/mol. The lowest BCUT2D eigenvalue weighted by Gasteiger charge is -2.36. The second-order valence-electron chi connectivity index (χ2n) is 7.39. The molecule has 1 fully saturated rings. The van der Waals surface area contributed by atoms with Crippen molar-refractivity contribution in [1.82, 2.24) is 4.90 Å². The molecule has 162 valence electrons. The summed E-state index contributed by atoms with van der Waals surface area (Å²) in [7, 11) is 0. The molecule has 0 bridgehead atoms. The molecule has 3 rings (SSSR count). The Morgan fingerprint density at radius 2 is 1.80 bits per heavy atom. The van der Waals surface area contributed by atoms with Gasteiger partial charge in [-0.05, 0) is 48.2 Å². The molecule has 0 saturated carbocycles. The topological polar surface area (TPSA) is 59.0 Å². The van der Waals surface area contributed by atoms with Gasteiger partial charge in [-0.2, -0.15) is 0 Å². The van der Waals surface area contributed by atoms with E-state index in [4.69, 9.17) is 21.4 Å². The number of likely N-dealkylation sites (tertiary alicyclic amines) is 1. The number of rotatable bonds is 7. The van der Waals surface area contributed by atoms with Crippen LogP contribution >= 0.6 is 11.6 Å². The Balaban J connectivity index is 1.62. The fourth-order valence-electron chi connectivity index (χ4n) is 3.47. The lowest BCUT2D eigenvalue weighted by Crippen LogP contribution is -2.49. The van der Waals surface area contributed by atoms with Gasteiger partial charge in [-0.3, -0.25) is 9.69 Å². The van der Waals surface area contributed by atoms with Gasteiger partial charge in [-0.15, -0.1) is 13.2 Å². The van der Waals surface area contributed by atoms with Crippen LogP contribution in [0, 0.1) is 19.8 Å². The van der Waals surface area contributed by atoms with E-state index in [1.807, 2.05) is 26.0 Å². The van der Waals surface area contributed by atoms with Gasteiger partial charge in [0, 0.05) is 19.6 Å². The summed E-state index contributed by atoms with van der Waals surface area (Å²) in [5.41, 5.74) is 3.52. The Labute approximate surface area is 177 Å². The van der Waals surface area contributed by atoms with Crippen LogP contribution in [0.3, 0.4) is 0 Å². The average molecular weight is 444 g/mol. The van der Waals surface area contributed by atoms with E-state index in [-0.39, 0.29) is 17.5 Å². The largest absolute Gasteiger partial charge is 0.573 e. The maximum Gasteiger partial charge on any atom is 0.573 e. The summed E-state index contributed by atoms with van der Waals surface area (Å²) in [6.45, 7) is 5.72. The Bertz CT molecular complexity index is 919. The molecule has 5 nitrogen and oxygen atoms in total. The Morgan fingerprint density at radius 3 is 2.33 bits per heavy atom. The number of carboxylic acids is 1. The molecule has 0 unspecified atom stereocenters. The van der Waals surface area contributed by atoms with Gasteiger partial charge in [-0.25, -0.2) is 0 Å². The summed E-state index contributed by atoms with van der Waals surface area (Å²) < 4.78 is 46.8. The highest BCUT2D eigenvalue weighted by molar-refractivity contribution is 6.32. The second kappa shape index (κ2) is 8.73. The molecule has 30 heavy (non-hydrogen) atoms. The molecular weight excluding hydrogens is 423 g/mol. The number of alkyl halides is 3. The molecule has 0 radical (unpaired) electrons. The van der Waals surface area contributed by atoms with Gasteiger partial charge in [0.05, 0.1) is 10.9 Å². The Hall–Kier alpha value is -2.45. The van der Waals surface area contributed by atoms with E-state index in [1.165, 1.54) is 12.1 Å². The minimum atomic E-state index is -4.80. The van der Waals surface area contributed by atoms with Crippen molar-refractivity contribution in [2.24, 2.45) is 5.92 Å². The summed E-state index contributed by atoms with van der Waals surface area (Å²) in [6, 6.07) is 7.99. The minimum absolute atomic E-state index is 0.138. The van der Waals surface area contributed by atoms with Crippen molar-refractivity contribution in [3.8, 4) is 11.5 Å².